The molecule has 0 saturated carbocycles. The van der Waals surface area contributed by atoms with E-state index in [1.807, 2.05) is 6.92 Å². The molecule has 2 heterocycles. The Kier molecular flexibility index (Phi) is 22.2. The Labute approximate surface area is 277 Å². The smallest absolute Gasteiger partial charge is 0.375 e. The van der Waals surface area contributed by atoms with Crippen LogP contribution in [-0.4, -0.2) is 80.1 Å². The Bertz CT molecular complexity index is 1010. The SMILES string of the molecule is COCCC(CC(=O)OC)c1noc(C(=O)O)c1C.COCCC(CC(=O)OC)c1noc(CO)c1C.[Y].[Y]. The van der Waals surface area contributed by atoms with Gasteiger partial charge in [0, 0.05) is 116 Å². The molecule has 0 aliphatic heterocycles. The molecule has 2 radical (unpaired) electrons. The van der Waals surface area contributed by atoms with Crippen LogP contribution < -0.4 is 0 Å². The molecule has 2 unspecified atom stereocenters. The Morgan fingerprint density at radius 3 is 1.56 bits per heavy atom. The number of aromatic nitrogens is 2. The summed E-state index contributed by atoms with van der Waals surface area (Å²) >= 11 is 0. The van der Waals surface area contributed by atoms with Crippen molar-refractivity contribution in [2.75, 3.05) is 41.7 Å². The standard InChI is InChI=1S/C12H17NO6.C12H19NO5.2Y/c1-7-10(13-19-11(7)12(15)16)8(4-5-17-2)6-9(14)18-3;1-8-10(7-14)18-13-12(8)9(4-5-16-2)6-11(15)17-3;;/h8H,4-6H2,1-3H3,(H,15,16);9,14H,4-7H2,1-3H3;;. The van der Waals surface area contributed by atoms with E-state index in [9.17, 15) is 14.4 Å². The van der Waals surface area contributed by atoms with E-state index in [0.29, 0.717) is 48.8 Å². The molecule has 2 aromatic rings. The number of carbonyl (C=O) groups excluding carboxylic acids is 2. The molecule has 0 bridgehead atoms. The Morgan fingerprint density at radius 2 is 1.23 bits per heavy atom. The molecule has 2 rings (SSSR count). The van der Waals surface area contributed by atoms with Crippen molar-refractivity contribution in [1.82, 2.24) is 10.3 Å². The number of carboxylic acid groups (broad SMARTS) is 1. The van der Waals surface area contributed by atoms with Gasteiger partial charge in [0.2, 0.25) is 5.76 Å². The predicted molar refractivity (Wildman–Crippen MR) is 127 cm³/mol. The summed E-state index contributed by atoms with van der Waals surface area (Å²) in [5.74, 6) is -2.06. The van der Waals surface area contributed by atoms with Gasteiger partial charge in [-0.25, -0.2) is 4.79 Å². The number of hydrogen-bond donors (Lipinski definition) is 2. The van der Waals surface area contributed by atoms with E-state index in [1.54, 1.807) is 21.1 Å². The van der Waals surface area contributed by atoms with Crippen molar-refractivity contribution in [3.8, 4) is 0 Å². The van der Waals surface area contributed by atoms with Crippen LogP contribution in [0.5, 0.6) is 0 Å². The number of carboxylic acids is 1. The fourth-order valence-electron chi connectivity index (χ4n) is 3.60. The number of carbonyl (C=O) groups is 3. The van der Waals surface area contributed by atoms with Gasteiger partial charge < -0.3 is 38.2 Å². The second-order valence-electron chi connectivity index (χ2n) is 8.12. The van der Waals surface area contributed by atoms with Crippen molar-refractivity contribution in [2.24, 2.45) is 0 Å². The van der Waals surface area contributed by atoms with Crippen molar-refractivity contribution < 1.29 is 118 Å². The van der Waals surface area contributed by atoms with Crippen LogP contribution in [0.2, 0.25) is 0 Å². The second kappa shape index (κ2) is 21.6. The molecule has 13 nitrogen and oxygen atoms in total. The van der Waals surface area contributed by atoms with Crippen molar-refractivity contribution in [2.45, 2.75) is 58.0 Å². The van der Waals surface area contributed by atoms with Gasteiger partial charge in [0.05, 0.1) is 38.4 Å². The van der Waals surface area contributed by atoms with Crippen LogP contribution in [0, 0.1) is 13.8 Å². The zero-order chi connectivity index (χ0) is 28.0. The van der Waals surface area contributed by atoms with Crippen molar-refractivity contribution >= 4 is 17.9 Å². The fourth-order valence-corrected chi connectivity index (χ4v) is 3.60. The van der Waals surface area contributed by atoms with Gasteiger partial charge in [-0.05, 0) is 26.7 Å². The predicted octanol–water partition coefficient (Wildman–Crippen LogP) is 2.52. The van der Waals surface area contributed by atoms with E-state index in [1.165, 1.54) is 14.2 Å². The number of aliphatic hydroxyl groups is 1. The van der Waals surface area contributed by atoms with E-state index < -0.39 is 5.97 Å². The zero-order valence-corrected chi connectivity index (χ0v) is 28.9. The van der Waals surface area contributed by atoms with Gasteiger partial charge in [-0.15, -0.1) is 0 Å². The molecule has 0 aromatic carbocycles. The van der Waals surface area contributed by atoms with Gasteiger partial charge in [0.15, 0.2) is 5.76 Å². The van der Waals surface area contributed by atoms with Crippen molar-refractivity contribution in [3.63, 3.8) is 0 Å². The molecule has 0 amide bonds. The molecule has 0 aliphatic carbocycles. The van der Waals surface area contributed by atoms with Crippen molar-refractivity contribution in [3.05, 3.63) is 34.0 Å². The minimum absolute atomic E-state index is 0. The first-order valence-electron chi connectivity index (χ1n) is 11.5. The largest absolute Gasteiger partial charge is 0.475 e. The Morgan fingerprint density at radius 1 is 0.795 bits per heavy atom. The van der Waals surface area contributed by atoms with Crippen LogP contribution in [0.15, 0.2) is 9.05 Å². The molecule has 0 fully saturated rings. The summed E-state index contributed by atoms with van der Waals surface area (Å²) in [6.45, 7) is 4.16. The number of aliphatic hydroxyl groups excluding tert-OH is 1. The molecule has 0 aliphatic rings. The molecular formula is C24H36N2O11Y2. The summed E-state index contributed by atoms with van der Waals surface area (Å²) in [4.78, 5) is 33.6. The van der Waals surface area contributed by atoms with Gasteiger partial charge >= 0.3 is 17.9 Å². The van der Waals surface area contributed by atoms with Crippen molar-refractivity contribution in [1.29, 1.82) is 0 Å². The van der Waals surface area contributed by atoms with Gasteiger partial charge in [-0.3, -0.25) is 9.59 Å². The third-order valence-electron chi connectivity index (χ3n) is 5.75. The van der Waals surface area contributed by atoms with E-state index in [0.717, 1.165) is 5.56 Å². The number of aromatic carboxylic acids is 1. The molecule has 214 valence electrons. The van der Waals surface area contributed by atoms with E-state index in [2.05, 4.69) is 19.8 Å². The third kappa shape index (κ3) is 13.0. The molecule has 39 heavy (non-hydrogen) atoms. The number of hydrogen-bond acceptors (Lipinski definition) is 12. The minimum atomic E-state index is -1.18. The molecular weight excluding hydrogens is 670 g/mol. The van der Waals surface area contributed by atoms with E-state index >= 15 is 0 Å². The number of ether oxygens (including phenoxy) is 4. The number of nitrogens with zero attached hydrogens (tertiary/aromatic N) is 2. The fraction of sp³-hybridized carbons (Fsp3) is 0.625. The first-order valence-corrected chi connectivity index (χ1v) is 11.5. The van der Waals surface area contributed by atoms with Gasteiger partial charge in [0.1, 0.15) is 6.61 Å². The van der Waals surface area contributed by atoms with Crippen LogP contribution in [0.25, 0.3) is 0 Å². The molecule has 15 heteroatoms. The Hall–Kier alpha value is -1.08. The van der Waals surface area contributed by atoms with Crippen LogP contribution in [0.3, 0.4) is 0 Å². The maximum Gasteiger partial charge on any atom is 0.375 e. The monoisotopic (exact) mass is 706 g/mol. The van der Waals surface area contributed by atoms with Crippen LogP contribution in [-0.2, 0) is 101 Å². The first-order chi connectivity index (χ1) is 17.6. The van der Waals surface area contributed by atoms with Crippen LogP contribution in [0.4, 0.5) is 0 Å². The summed E-state index contributed by atoms with van der Waals surface area (Å²) < 4.78 is 29.1. The molecule has 0 spiro atoms. The summed E-state index contributed by atoms with van der Waals surface area (Å²) in [6.07, 6.45) is 1.49. The molecule has 2 N–H and O–H groups in total. The van der Waals surface area contributed by atoms with Gasteiger partial charge in [-0.1, -0.05) is 10.3 Å². The summed E-state index contributed by atoms with van der Waals surface area (Å²) in [5.41, 5.74) is 2.35. The zero-order valence-electron chi connectivity index (χ0n) is 23.2. The molecule has 2 atom stereocenters. The topological polar surface area (TPSA) is 181 Å². The van der Waals surface area contributed by atoms with E-state index in [-0.39, 0.29) is 114 Å². The first kappa shape index (κ1) is 40.1. The van der Waals surface area contributed by atoms with Gasteiger partial charge in [-0.2, -0.15) is 0 Å². The maximum atomic E-state index is 11.4. The normalized spacial score (nSPS) is 11.7. The van der Waals surface area contributed by atoms with E-state index in [4.69, 9.17) is 28.7 Å². The summed E-state index contributed by atoms with van der Waals surface area (Å²) in [5, 5.41) is 25.7. The van der Waals surface area contributed by atoms with Crippen LogP contribution in [0.1, 0.15) is 76.3 Å². The quantitative estimate of drug-likeness (QED) is 0.274. The van der Waals surface area contributed by atoms with Crippen LogP contribution >= 0.6 is 0 Å². The number of rotatable bonds is 14. The average Bonchev–Trinajstić information content (AvgIpc) is 3.46. The minimum Gasteiger partial charge on any atom is -0.475 e. The second-order valence-corrected chi connectivity index (χ2v) is 8.12. The maximum absolute atomic E-state index is 11.4. The molecule has 2 aromatic heterocycles. The molecule has 0 saturated heterocycles. The summed E-state index contributed by atoms with van der Waals surface area (Å²) in [7, 11) is 5.80. The third-order valence-corrected chi connectivity index (χ3v) is 5.75. The Balaban J connectivity index is 0. The average molecular weight is 706 g/mol. The number of methoxy groups -OCH3 is 4. The number of esters is 2. The summed E-state index contributed by atoms with van der Waals surface area (Å²) in [6, 6.07) is 0. The van der Waals surface area contributed by atoms with Gasteiger partial charge in [0.25, 0.3) is 0 Å².